The summed E-state index contributed by atoms with van der Waals surface area (Å²) >= 11 is 0. The molecule has 264 valence electrons. The molecule has 50 heavy (non-hydrogen) atoms. The Morgan fingerprint density at radius 3 is 2.48 bits per heavy atom. The molecule has 13 nitrogen and oxygen atoms in total. The summed E-state index contributed by atoms with van der Waals surface area (Å²) in [6, 6.07) is 14.8. The number of nitrogens with zero attached hydrogens (tertiary/aromatic N) is 3. The highest BCUT2D eigenvalue weighted by Crippen LogP contribution is 2.26. The third kappa shape index (κ3) is 8.73. The smallest absolute Gasteiger partial charge is 0.303 e. The number of halogens is 1. The number of amides is 5. The highest BCUT2D eigenvalue weighted by Gasteiger charge is 2.38. The molecule has 3 aromatic rings. The molecule has 2 aliphatic rings. The maximum atomic E-state index is 14.6. The minimum Gasteiger partial charge on any atom is -0.491 e. The van der Waals surface area contributed by atoms with Gasteiger partial charge in [0.05, 0.1) is 24.6 Å². The van der Waals surface area contributed by atoms with Crippen LogP contribution in [0, 0.1) is 5.82 Å². The molecule has 2 heterocycles. The summed E-state index contributed by atoms with van der Waals surface area (Å²) in [6.07, 6.45) is -0.566. The molecule has 1 fully saturated rings. The summed E-state index contributed by atoms with van der Waals surface area (Å²) < 4.78 is 20.6. The van der Waals surface area contributed by atoms with E-state index in [2.05, 4.69) is 10.6 Å². The van der Waals surface area contributed by atoms with Crippen LogP contribution in [0.15, 0.2) is 60.7 Å². The van der Waals surface area contributed by atoms with E-state index in [1.54, 1.807) is 0 Å². The van der Waals surface area contributed by atoms with Gasteiger partial charge in [-0.2, -0.15) is 0 Å². The first-order chi connectivity index (χ1) is 23.9. The average Bonchev–Trinajstić information content (AvgIpc) is 3.50. The number of carboxylic acids is 1. The second-order valence-electron chi connectivity index (χ2n) is 12.7. The number of hydrogen-bond donors (Lipinski definition) is 3. The Bertz CT molecular complexity index is 1800. The fourth-order valence-corrected chi connectivity index (χ4v) is 6.31. The van der Waals surface area contributed by atoms with Crippen LogP contribution in [-0.4, -0.2) is 107 Å². The Hall–Kier alpha value is -5.53. The Labute approximate surface area is 288 Å². The van der Waals surface area contributed by atoms with Gasteiger partial charge in [-0.25, -0.2) is 4.39 Å². The lowest BCUT2D eigenvalue weighted by Crippen LogP contribution is -2.48. The number of likely N-dealkylation sites (N-methyl/N-ethyl adjacent to an activating group) is 2. The van der Waals surface area contributed by atoms with Gasteiger partial charge in [-0.3, -0.25) is 28.8 Å². The van der Waals surface area contributed by atoms with Crippen molar-refractivity contribution in [1.82, 2.24) is 25.3 Å². The van der Waals surface area contributed by atoms with Gasteiger partial charge in [-0.05, 0) is 53.4 Å². The van der Waals surface area contributed by atoms with E-state index >= 15 is 0 Å². The number of nitrogens with one attached hydrogen (secondary N) is 2. The number of carbonyl (C=O) groups excluding carboxylic acids is 5. The molecule has 5 amide bonds. The lowest BCUT2D eigenvalue weighted by Gasteiger charge is -2.28. The van der Waals surface area contributed by atoms with Gasteiger partial charge in [-0.15, -0.1) is 0 Å². The first-order valence-electron chi connectivity index (χ1n) is 16.4. The van der Waals surface area contributed by atoms with Gasteiger partial charge in [0, 0.05) is 46.1 Å². The molecular weight excluding hydrogens is 649 g/mol. The largest absolute Gasteiger partial charge is 0.491 e. The molecule has 14 heteroatoms. The maximum absolute atomic E-state index is 14.6. The van der Waals surface area contributed by atoms with Crippen LogP contribution in [-0.2, 0) is 30.5 Å². The standard InChI is InChI=1S/C36H40FN5O8/c1-40-20-33(45)42-19-26(39-31(43)12-14-34(46)47)17-27(42)21-50-30-11-9-25(37)16-28(30)36(49)41(2)29(10-13-32(40)44)35(48)38-18-22-7-8-23-5-3-4-6-24(23)15-22/h3-9,11,15-16,26-27,29H,10,12-14,17-21H2,1-2H3,(H,38,48)(H,39,43)(H,46,47)/t26-,27-,29+/m0/s1. The number of benzene rings is 3. The second-order valence-corrected chi connectivity index (χ2v) is 12.7. The summed E-state index contributed by atoms with van der Waals surface area (Å²) in [5.41, 5.74) is 0.688. The van der Waals surface area contributed by atoms with E-state index in [4.69, 9.17) is 9.84 Å². The molecule has 1 saturated heterocycles. The van der Waals surface area contributed by atoms with Crippen molar-refractivity contribution in [2.45, 2.75) is 56.8 Å². The molecule has 0 bridgehead atoms. The molecule has 0 aromatic heterocycles. The molecule has 0 radical (unpaired) electrons. The van der Waals surface area contributed by atoms with Crippen molar-refractivity contribution in [1.29, 1.82) is 0 Å². The van der Waals surface area contributed by atoms with Gasteiger partial charge in [0.1, 0.15) is 24.2 Å². The van der Waals surface area contributed by atoms with Crippen molar-refractivity contribution in [3.05, 3.63) is 77.6 Å². The first kappa shape index (κ1) is 35.8. The van der Waals surface area contributed by atoms with Gasteiger partial charge in [-0.1, -0.05) is 36.4 Å². The third-order valence-corrected chi connectivity index (χ3v) is 9.07. The van der Waals surface area contributed by atoms with E-state index in [1.165, 1.54) is 34.9 Å². The maximum Gasteiger partial charge on any atom is 0.303 e. The minimum atomic E-state index is -1.12. The average molecular weight is 690 g/mol. The van der Waals surface area contributed by atoms with Gasteiger partial charge in [0.2, 0.25) is 23.6 Å². The molecule has 5 rings (SSSR count). The van der Waals surface area contributed by atoms with Crippen molar-refractivity contribution in [2.24, 2.45) is 0 Å². The summed E-state index contributed by atoms with van der Waals surface area (Å²) in [7, 11) is 2.87. The predicted octanol–water partition coefficient (Wildman–Crippen LogP) is 2.32. The number of carbonyl (C=O) groups is 6. The number of carboxylic acid groups (broad SMARTS) is 1. The number of fused-ring (bicyclic) bond motifs is 3. The van der Waals surface area contributed by atoms with Crippen molar-refractivity contribution >= 4 is 46.3 Å². The number of ether oxygens (including phenoxy) is 1. The Morgan fingerprint density at radius 1 is 0.960 bits per heavy atom. The van der Waals surface area contributed by atoms with Gasteiger partial charge >= 0.3 is 5.97 Å². The van der Waals surface area contributed by atoms with Gasteiger partial charge < -0.3 is 35.2 Å². The summed E-state index contributed by atoms with van der Waals surface area (Å²) in [6.45, 7) is -0.164. The van der Waals surface area contributed by atoms with E-state index in [0.717, 1.165) is 28.5 Å². The summed E-state index contributed by atoms with van der Waals surface area (Å²) in [4.78, 5) is 81.5. The van der Waals surface area contributed by atoms with Gasteiger partial charge in [0.15, 0.2) is 0 Å². The van der Waals surface area contributed by atoms with Crippen LogP contribution in [0.25, 0.3) is 10.8 Å². The van der Waals surface area contributed by atoms with Crippen LogP contribution in [0.1, 0.15) is 48.0 Å². The summed E-state index contributed by atoms with van der Waals surface area (Å²) in [5, 5.41) is 16.6. The SMILES string of the molecule is CN1CC(=O)N2C[C@@H](NC(=O)CCC(=O)O)C[C@H]2COc2ccc(F)cc2C(=O)N(C)[C@@H](C(=O)NCc2ccc3ccccc3c2)CCC1=O. The van der Waals surface area contributed by atoms with Crippen molar-refractivity contribution in [2.75, 3.05) is 33.8 Å². The normalized spacial score (nSPS) is 20.3. The minimum absolute atomic E-state index is 0.0305. The zero-order valence-corrected chi connectivity index (χ0v) is 27.9. The zero-order chi connectivity index (χ0) is 35.9. The number of hydrogen-bond acceptors (Lipinski definition) is 7. The lowest BCUT2D eigenvalue weighted by atomic mass is 10.0. The van der Waals surface area contributed by atoms with Crippen LogP contribution in [0.3, 0.4) is 0 Å². The van der Waals surface area contributed by atoms with Crippen LogP contribution in [0.5, 0.6) is 5.75 Å². The zero-order valence-electron chi connectivity index (χ0n) is 27.9. The third-order valence-electron chi connectivity index (χ3n) is 9.07. The lowest BCUT2D eigenvalue weighted by molar-refractivity contribution is -0.140. The van der Waals surface area contributed by atoms with Crippen LogP contribution in [0.4, 0.5) is 4.39 Å². The Balaban J connectivity index is 1.37. The molecule has 2 aliphatic heterocycles. The van der Waals surface area contributed by atoms with E-state index in [-0.39, 0.29) is 69.7 Å². The van der Waals surface area contributed by atoms with Crippen LogP contribution >= 0.6 is 0 Å². The highest BCUT2D eigenvalue weighted by atomic mass is 19.1. The summed E-state index contributed by atoms with van der Waals surface area (Å²) in [5.74, 6) is -4.33. The highest BCUT2D eigenvalue weighted by molar-refractivity contribution is 6.00. The quantitative estimate of drug-likeness (QED) is 0.340. The van der Waals surface area contributed by atoms with Crippen molar-refractivity contribution < 1.29 is 43.0 Å². The first-order valence-corrected chi connectivity index (χ1v) is 16.4. The topological polar surface area (TPSA) is 166 Å². The van der Waals surface area contributed by atoms with E-state index in [0.29, 0.717) is 0 Å². The molecule has 3 N–H and O–H groups in total. The fraction of sp³-hybridized carbons (Fsp3) is 0.389. The number of aliphatic carboxylic acids is 1. The van der Waals surface area contributed by atoms with Crippen LogP contribution < -0.4 is 15.4 Å². The predicted molar refractivity (Wildman–Crippen MR) is 179 cm³/mol. The van der Waals surface area contributed by atoms with E-state index in [9.17, 15) is 33.2 Å². The Kier molecular flexibility index (Phi) is 11.3. The molecule has 0 aliphatic carbocycles. The fourth-order valence-electron chi connectivity index (χ4n) is 6.31. The molecule has 3 atom stereocenters. The van der Waals surface area contributed by atoms with Gasteiger partial charge in [0.25, 0.3) is 5.91 Å². The molecular formula is C36H40FN5O8. The molecule has 0 saturated carbocycles. The molecule has 3 aromatic carbocycles. The number of rotatable bonds is 7. The van der Waals surface area contributed by atoms with E-state index < -0.39 is 59.4 Å². The molecule has 0 spiro atoms. The van der Waals surface area contributed by atoms with E-state index in [1.807, 2.05) is 42.5 Å². The second kappa shape index (κ2) is 15.8. The molecule has 0 unspecified atom stereocenters. The van der Waals surface area contributed by atoms with Crippen LogP contribution in [0.2, 0.25) is 0 Å². The van der Waals surface area contributed by atoms with Crippen molar-refractivity contribution in [3.8, 4) is 5.75 Å². The Morgan fingerprint density at radius 2 is 1.72 bits per heavy atom. The monoisotopic (exact) mass is 689 g/mol. The van der Waals surface area contributed by atoms with Crippen molar-refractivity contribution in [3.63, 3.8) is 0 Å².